The van der Waals surface area contributed by atoms with Crippen molar-refractivity contribution < 1.29 is 18.0 Å². The number of anilines is 2. The Kier molecular flexibility index (Phi) is 7.39. The van der Waals surface area contributed by atoms with Crippen molar-refractivity contribution in [3.05, 3.63) is 59.7 Å². The second kappa shape index (κ2) is 9.56. The topological polar surface area (TPSA) is 86.8 Å². The summed E-state index contributed by atoms with van der Waals surface area (Å²) >= 11 is 0. The molecule has 1 N–H and O–H groups in total. The molecule has 2 aromatic carbocycles. The summed E-state index contributed by atoms with van der Waals surface area (Å²) in [5.74, 6) is -0.722. The van der Waals surface area contributed by atoms with E-state index in [4.69, 9.17) is 0 Å². The van der Waals surface area contributed by atoms with Gasteiger partial charge in [0.1, 0.15) is 6.54 Å². The molecule has 0 radical (unpaired) electrons. The van der Waals surface area contributed by atoms with Gasteiger partial charge in [-0.25, -0.2) is 8.42 Å². The molecular formula is C21H27N3O4S. The van der Waals surface area contributed by atoms with Gasteiger partial charge in [0.05, 0.1) is 23.2 Å². The number of nitrogens with zero attached hydrogens (tertiary/aromatic N) is 2. The molecule has 0 aliphatic carbocycles. The van der Waals surface area contributed by atoms with Crippen LogP contribution in [0, 0.1) is 6.92 Å². The molecule has 29 heavy (non-hydrogen) atoms. The average molecular weight is 418 g/mol. The summed E-state index contributed by atoms with van der Waals surface area (Å²) in [6, 6.07) is 13.6. The fourth-order valence-corrected chi connectivity index (χ4v) is 3.75. The van der Waals surface area contributed by atoms with Gasteiger partial charge in [0.2, 0.25) is 15.9 Å². The normalized spacial score (nSPS) is 11.0. The average Bonchev–Trinajstić information content (AvgIpc) is 2.67. The Balaban J connectivity index is 2.25. The fourth-order valence-electron chi connectivity index (χ4n) is 2.89. The molecule has 0 unspecified atom stereocenters. The van der Waals surface area contributed by atoms with Gasteiger partial charge < -0.3 is 10.2 Å². The molecular weight excluding hydrogens is 390 g/mol. The van der Waals surface area contributed by atoms with Gasteiger partial charge in [-0.2, -0.15) is 0 Å². The molecule has 0 saturated heterocycles. The van der Waals surface area contributed by atoms with E-state index < -0.39 is 22.5 Å². The standard InChI is InChI=1S/C21H27N3O4S/c1-5-23(6-2)21(26)18-9-7-8-10-19(18)22-20(25)15-24(29(4,27)28)17-13-11-16(3)12-14-17/h7-14H,5-6,15H2,1-4H3,(H,22,25). The highest BCUT2D eigenvalue weighted by Gasteiger charge is 2.22. The highest BCUT2D eigenvalue weighted by molar-refractivity contribution is 7.92. The first-order valence-electron chi connectivity index (χ1n) is 9.39. The smallest absolute Gasteiger partial charge is 0.255 e. The number of para-hydroxylation sites is 1. The Hall–Kier alpha value is -2.87. The zero-order valence-electron chi connectivity index (χ0n) is 17.2. The lowest BCUT2D eigenvalue weighted by molar-refractivity contribution is -0.114. The zero-order chi connectivity index (χ0) is 21.6. The van der Waals surface area contributed by atoms with E-state index in [1.165, 1.54) is 0 Å². The molecule has 0 aromatic heterocycles. The van der Waals surface area contributed by atoms with Crippen molar-refractivity contribution in [2.24, 2.45) is 0 Å². The molecule has 0 fully saturated rings. The van der Waals surface area contributed by atoms with Crippen molar-refractivity contribution in [2.45, 2.75) is 20.8 Å². The largest absolute Gasteiger partial charge is 0.339 e. The molecule has 0 spiro atoms. The molecule has 0 atom stereocenters. The van der Waals surface area contributed by atoms with Crippen molar-refractivity contribution in [1.29, 1.82) is 0 Å². The lowest BCUT2D eigenvalue weighted by Crippen LogP contribution is -2.38. The molecule has 0 heterocycles. The second-order valence-corrected chi connectivity index (χ2v) is 8.58. The van der Waals surface area contributed by atoms with Crippen molar-refractivity contribution in [2.75, 3.05) is 35.5 Å². The second-order valence-electron chi connectivity index (χ2n) is 6.68. The summed E-state index contributed by atoms with van der Waals surface area (Å²) in [6.07, 6.45) is 1.05. The predicted molar refractivity (Wildman–Crippen MR) is 116 cm³/mol. The predicted octanol–water partition coefficient (Wildman–Crippen LogP) is 2.88. The summed E-state index contributed by atoms with van der Waals surface area (Å²) in [5, 5.41) is 2.69. The number of benzene rings is 2. The fraction of sp³-hybridized carbons (Fsp3) is 0.333. The maximum atomic E-state index is 12.7. The summed E-state index contributed by atoms with van der Waals surface area (Å²) in [6.45, 7) is 6.36. The van der Waals surface area contributed by atoms with E-state index in [9.17, 15) is 18.0 Å². The maximum Gasteiger partial charge on any atom is 0.255 e. The van der Waals surface area contributed by atoms with E-state index in [-0.39, 0.29) is 5.91 Å². The zero-order valence-corrected chi connectivity index (χ0v) is 18.0. The van der Waals surface area contributed by atoms with Gasteiger partial charge in [0.15, 0.2) is 0 Å². The van der Waals surface area contributed by atoms with Crippen LogP contribution < -0.4 is 9.62 Å². The monoisotopic (exact) mass is 417 g/mol. The van der Waals surface area contributed by atoms with Crippen molar-refractivity contribution in [3.63, 3.8) is 0 Å². The first-order valence-corrected chi connectivity index (χ1v) is 11.2. The third kappa shape index (κ3) is 5.80. The van der Waals surface area contributed by atoms with Crippen LogP contribution in [0.1, 0.15) is 29.8 Å². The summed E-state index contributed by atoms with van der Waals surface area (Å²) < 4.78 is 25.5. The number of amides is 2. The van der Waals surface area contributed by atoms with Gasteiger partial charge in [-0.1, -0.05) is 29.8 Å². The summed E-state index contributed by atoms with van der Waals surface area (Å²) in [7, 11) is -3.67. The number of rotatable bonds is 8. The minimum atomic E-state index is -3.67. The molecule has 0 saturated carbocycles. The highest BCUT2D eigenvalue weighted by Crippen LogP contribution is 2.20. The number of aryl methyl sites for hydroxylation is 1. The molecule has 0 aliphatic heterocycles. The van der Waals surface area contributed by atoms with E-state index in [2.05, 4.69) is 5.32 Å². The third-order valence-electron chi connectivity index (χ3n) is 4.49. The van der Waals surface area contributed by atoms with Crippen LogP contribution in [0.25, 0.3) is 0 Å². The first-order chi connectivity index (χ1) is 13.7. The molecule has 7 nitrogen and oxygen atoms in total. The van der Waals surface area contributed by atoms with E-state index >= 15 is 0 Å². The van der Waals surface area contributed by atoms with Gasteiger partial charge >= 0.3 is 0 Å². The highest BCUT2D eigenvalue weighted by atomic mass is 32.2. The summed E-state index contributed by atoms with van der Waals surface area (Å²) in [5.41, 5.74) is 2.11. The maximum absolute atomic E-state index is 12.7. The van der Waals surface area contributed by atoms with Crippen molar-refractivity contribution in [1.82, 2.24) is 4.90 Å². The molecule has 8 heteroatoms. The minimum absolute atomic E-state index is 0.190. The molecule has 2 amide bonds. The lowest BCUT2D eigenvalue weighted by atomic mass is 10.1. The number of carbonyl (C=O) groups is 2. The van der Waals surface area contributed by atoms with Gasteiger partial charge in [0.25, 0.3) is 5.91 Å². The van der Waals surface area contributed by atoms with E-state index in [1.807, 2.05) is 20.8 Å². The van der Waals surface area contributed by atoms with Gasteiger partial charge in [0, 0.05) is 13.1 Å². The Labute approximate surface area is 172 Å². The van der Waals surface area contributed by atoms with Crippen LogP contribution in [-0.2, 0) is 14.8 Å². The Morgan fingerprint density at radius 1 is 0.966 bits per heavy atom. The first kappa shape index (κ1) is 22.4. The molecule has 0 aliphatic rings. The SMILES string of the molecule is CCN(CC)C(=O)c1ccccc1NC(=O)CN(c1ccc(C)cc1)S(C)(=O)=O. The number of carbonyl (C=O) groups excluding carboxylic acids is 2. The van der Waals surface area contributed by atoms with Crippen LogP contribution in [0.15, 0.2) is 48.5 Å². The van der Waals surface area contributed by atoms with Crippen molar-refractivity contribution >= 4 is 33.2 Å². The summed E-state index contributed by atoms with van der Waals surface area (Å²) in [4.78, 5) is 27.0. The van der Waals surface area contributed by atoms with Crippen LogP contribution in [0.3, 0.4) is 0 Å². The number of nitrogens with one attached hydrogen (secondary N) is 1. The third-order valence-corrected chi connectivity index (χ3v) is 5.63. The van der Waals surface area contributed by atoms with Gasteiger partial charge in [-0.3, -0.25) is 13.9 Å². The lowest BCUT2D eigenvalue weighted by Gasteiger charge is -2.23. The number of hydrogen-bond acceptors (Lipinski definition) is 4. The van der Waals surface area contributed by atoms with E-state index in [1.54, 1.807) is 53.4 Å². The van der Waals surface area contributed by atoms with Crippen LogP contribution >= 0.6 is 0 Å². The van der Waals surface area contributed by atoms with Crippen LogP contribution in [0.2, 0.25) is 0 Å². The van der Waals surface area contributed by atoms with E-state index in [0.29, 0.717) is 30.0 Å². The Morgan fingerprint density at radius 3 is 2.10 bits per heavy atom. The minimum Gasteiger partial charge on any atom is -0.339 e. The van der Waals surface area contributed by atoms with Crippen molar-refractivity contribution in [3.8, 4) is 0 Å². The quantitative estimate of drug-likeness (QED) is 0.716. The van der Waals surface area contributed by atoms with Gasteiger partial charge in [-0.15, -0.1) is 0 Å². The van der Waals surface area contributed by atoms with Crippen LogP contribution in [-0.4, -0.2) is 51.0 Å². The molecule has 2 aromatic rings. The van der Waals surface area contributed by atoms with Crippen LogP contribution in [0.5, 0.6) is 0 Å². The Morgan fingerprint density at radius 2 is 1.55 bits per heavy atom. The Bertz CT molecular complexity index is 968. The molecule has 156 valence electrons. The molecule has 0 bridgehead atoms. The number of sulfonamides is 1. The number of hydrogen-bond donors (Lipinski definition) is 1. The van der Waals surface area contributed by atoms with E-state index in [0.717, 1.165) is 16.1 Å². The molecule has 2 rings (SSSR count). The van der Waals surface area contributed by atoms with Crippen LogP contribution in [0.4, 0.5) is 11.4 Å². The van der Waals surface area contributed by atoms with Gasteiger partial charge in [-0.05, 0) is 45.0 Å².